The third kappa shape index (κ3) is 1.52. The zero-order valence-electron chi connectivity index (χ0n) is 7.42. The fraction of sp³-hybridized carbons (Fsp3) is 0.625. The number of nitrogens with one attached hydrogen (secondary N) is 2. The topological polar surface area (TPSA) is 67.3 Å². The van der Waals surface area contributed by atoms with Crippen LogP contribution in [-0.2, 0) is 4.74 Å². The molecule has 0 saturated carbocycles. The molecule has 72 valence electrons. The molecule has 13 heavy (non-hydrogen) atoms. The van der Waals surface area contributed by atoms with Crippen LogP contribution >= 0.6 is 0 Å². The number of ether oxygens (including phenoxy) is 1. The van der Waals surface area contributed by atoms with E-state index in [-0.39, 0.29) is 11.6 Å². The molecule has 1 aliphatic heterocycles. The van der Waals surface area contributed by atoms with Crippen molar-refractivity contribution in [2.24, 2.45) is 0 Å². The van der Waals surface area contributed by atoms with E-state index in [1.54, 1.807) is 6.92 Å². The Balaban J connectivity index is 2.27. The number of aryl methyl sites for hydroxylation is 1. The molecule has 0 bridgehead atoms. The van der Waals surface area contributed by atoms with Crippen LogP contribution in [0.5, 0.6) is 0 Å². The van der Waals surface area contributed by atoms with E-state index in [4.69, 9.17) is 9.26 Å². The Morgan fingerprint density at radius 2 is 2.38 bits per heavy atom. The van der Waals surface area contributed by atoms with Gasteiger partial charge in [0.25, 0.3) is 5.56 Å². The smallest absolute Gasteiger partial charge is 0.285 e. The third-order valence-electron chi connectivity index (χ3n) is 2.19. The Morgan fingerprint density at radius 1 is 1.54 bits per heavy atom. The molecule has 2 rings (SSSR count). The minimum absolute atomic E-state index is 0.0313. The lowest BCUT2D eigenvalue weighted by molar-refractivity contribution is 0.0761. The standard InChI is InChI=1S/C8H12N2O3/c1-5-7(8(11)10-13-5)6-4-12-3-2-9-6/h6,9H,2-4H2,1H3,(H,10,11). The normalized spacial score (nSPS) is 23.3. The van der Waals surface area contributed by atoms with Crippen molar-refractivity contribution in [3.05, 3.63) is 21.7 Å². The molecule has 0 radical (unpaired) electrons. The number of hydrogen-bond acceptors (Lipinski definition) is 4. The zero-order chi connectivity index (χ0) is 9.26. The summed E-state index contributed by atoms with van der Waals surface area (Å²) >= 11 is 0. The maximum absolute atomic E-state index is 11.3. The molecule has 1 saturated heterocycles. The van der Waals surface area contributed by atoms with E-state index >= 15 is 0 Å². The van der Waals surface area contributed by atoms with Crippen LogP contribution in [0.4, 0.5) is 0 Å². The largest absolute Gasteiger partial charge is 0.383 e. The van der Waals surface area contributed by atoms with Gasteiger partial charge in [0.2, 0.25) is 0 Å². The Morgan fingerprint density at radius 3 is 2.92 bits per heavy atom. The molecule has 0 aliphatic carbocycles. The van der Waals surface area contributed by atoms with Crippen LogP contribution in [0.1, 0.15) is 17.4 Å². The van der Waals surface area contributed by atoms with E-state index in [2.05, 4.69) is 10.5 Å². The highest BCUT2D eigenvalue weighted by Gasteiger charge is 2.22. The predicted octanol–water partition coefficient (Wildman–Crippen LogP) is -0.0628. The molecule has 1 atom stereocenters. The van der Waals surface area contributed by atoms with Crippen LogP contribution in [0.15, 0.2) is 9.32 Å². The van der Waals surface area contributed by atoms with Gasteiger partial charge in [-0.3, -0.25) is 4.79 Å². The molecule has 5 heteroatoms. The van der Waals surface area contributed by atoms with Gasteiger partial charge in [-0.05, 0) is 6.92 Å². The second-order valence-electron chi connectivity index (χ2n) is 3.08. The van der Waals surface area contributed by atoms with Gasteiger partial charge >= 0.3 is 0 Å². The van der Waals surface area contributed by atoms with Gasteiger partial charge in [-0.1, -0.05) is 0 Å². The first kappa shape index (κ1) is 8.52. The average Bonchev–Trinajstić information content (AvgIpc) is 2.48. The minimum atomic E-state index is -0.166. The molecule has 1 fully saturated rings. The van der Waals surface area contributed by atoms with Crippen LogP contribution in [0.25, 0.3) is 0 Å². The van der Waals surface area contributed by atoms with Crippen LogP contribution in [-0.4, -0.2) is 24.9 Å². The van der Waals surface area contributed by atoms with Gasteiger partial charge in [0, 0.05) is 6.54 Å². The number of rotatable bonds is 1. The number of aromatic amines is 1. The first-order chi connectivity index (χ1) is 6.29. The molecule has 0 spiro atoms. The van der Waals surface area contributed by atoms with Gasteiger partial charge in [0.05, 0.1) is 24.8 Å². The number of aromatic nitrogens is 1. The summed E-state index contributed by atoms with van der Waals surface area (Å²) < 4.78 is 10.2. The van der Waals surface area contributed by atoms with Gasteiger partial charge in [0.1, 0.15) is 5.76 Å². The summed E-state index contributed by atoms with van der Waals surface area (Å²) in [7, 11) is 0. The SMILES string of the molecule is Cc1o[nH]c(=O)c1C1COCCN1. The molecule has 0 aromatic carbocycles. The molecule has 2 heterocycles. The highest BCUT2D eigenvalue weighted by molar-refractivity contribution is 5.17. The lowest BCUT2D eigenvalue weighted by atomic mass is 10.1. The molecule has 1 aromatic heterocycles. The van der Waals surface area contributed by atoms with Crippen LogP contribution in [0.2, 0.25) is 0 Å². The first-order valence-electron chi connectivity index (χ1n) is 4.28. The Bertz CT molecular complexity index is 335. The monoisotopic (exact) mass is 184 g/mol. The molecule has 0 amide bonds. The average molecular weight is 184 g/mol. The van der Waals surface area contributed by atoms with Crippen molar-refractivity contribution in [2.75, 3.05) is 19.8 Å². The van der Waals surface area contributed by atoms with E-state index in [9.17, 15) is 4.79 Å². The van der Waals surface area contributed by atoms with Crippen molar-refractivity contribution < 1.29 is 9.26 Å². The molecule has 5 nitrogen and oxygen atoms in total. The van der Waals surface area contributed by atoms with Gasteiger partial charge in [-0.15, -0.1) is 0 Å². The van der Waals surface area contributed by atoms with E-state index < -0.39 is 0 Å². The van der Waals surface area contributed by atoms with Crippen molar-refractivity contribution in [3.8, 4) is 0 Å². The Kier molecular flexibility index (Phi) is 2.20. The number of morpholine rings is 1. The van der Waals surface area contributed by atoms with Crippen molar-refractivity contribution >= 4 is 0 Å². The molecular formula is C8H12N2O3. The maximum atomic E-state index is 11.3. The highest BCUT2D eigenvalue weighted by Crippen LogP contribution is 2.15. The third-order valence-corrected chi connectivity index (χ3v) is 2.19. The van der Waals surface area contributed by atoms with Crippen molar-refractivity contribution in [3.63, 3.8) is 0 Å². The summed E-state index contributed by atoms with van der Waals surface area (Å²) in [6.45, 7) is 3.77. The number of H-pyrrole nitrogens is 1. The minimum Gasteiger partial charge on any atom is -0.383 e. The van der Waals surface area contributed by atoms with Gasteiger partial charge in [-0.2, -0.15) is 5.16 Å². The van der Waals surface area contributed by atoms with Crippen LogP contribution < -0.4 is 10.9 Å². The zero-order valence-corrected chi connectivity index (χ0v) is 7.42. The lowest BCUT2D eigenvalue weighted by Crippen LogP contribution is -2.37. The number of hydrogen-bond donors (Lipinski definition) is 2. The quantitative estimate of drug-likeness (QED) is 0.641. The summed E-state index contributed by atoms with van der Waals surface area (Å²) in [5.74, 6) is 0.632. The van der Waals surface area contributed by atoms with Gasteiger partial charge < -0.3 is 14.6 Å². The van der Waals surface area contributed by atoms with Crippen LogP contribution in [0.3, 0.4) is 0 Å². The summed E-state index contributed by atoms with van der Waals surface area (Å²) in [4.78, 5) is 11.3. The maximum Gasteiger partial charge on any atom is 0.285 e. The molecule has 2 N–H and O–H groups in total. The van der Waals surface area contributed by atoms with E-state index in [0.717, 1.165) is 6.54 Å². The second kappa shape index (κ2) is 3.35. The van der Waals surface area contributed by atoms with E-state index in [0.29, 0.717) is 24.5 Å². The first-order valence-corrected chi connectivity index (χ1v) is 4.28. The summed E-state index contributed by atoms with van der Waals surface area (Å²) in [6.07, 6.45) is 0. The van der Waals surface area contributed by atoms with Crippen LogP contribution in [0, 0.1) is 6.92 Å². The van der Waals surface area contributed by atoms with Crippen molar-refractivity contribution in [2.45, 2.75) is 13.0 Å². The summed E-state index contributed by atoms with van der Waals surface area (Å²) in [5, 5.41) is 5.51. The summed E-state index contributed by atoms with van der Waals surface area (Å²) in [6, 6.07) is -0.0313. The predicted molar refractivity (Wildman–Crippen MR) is 45.6 cm³/mol. The molecule has 1 aromatic rings. The van der Waals surface area contributed by atoms with Gasteiger partial charge in [-0.25, -0.2) is 0 Å². The fourth-order valence-electron chi connectivity index (χ4n) is 1.55. The fourth-order valence-corrected chi connectivity index (χ4v) is 1.55. The second-order valence-corrected chi connectivity index (χ2v) is 3.08. The molecular weight excluding hydrogens is 172 g/mol. The molecule has 1 aliphatic rings. The lowest BCUT2D eigenvalue weighted by Gasteiger charge is -2.22. The van der Waals surface area contributed by atoms with Gasteiger partial charge in [0.15, 0.2) is 0 Å². The van der Waals surface area contributed by atoms with E-state index in [1.165, 1.54) is 0 Å². The van der Waals surface area contributed by atoms with E-state index in [1.807, 2.05) is 0 Å². The van der Waals surface area contributed by atoms with Crippen molar-refractivity contribution in [1.82, 2.24) is 10.5 Å². The summed E-state index contributed by atoms with van der Waals surface area (Å²) in [5.41, 5.74) is 0.486. The Labute approximate surface area is 75.0 Å². The highest BCUT2D eigenvalue weighted by atomic mass is 16.5. The Hall–Kier alpha value is -1.07. The molecule has 1 unspecified atom stereocenters. The van der Waals surface area contributed by atoms with Crippen molar-refractivity contribution in [1.29, 1.82) is 0 Å².